The number of carbonyl (C=O) groups is 1. The van der Waals surface area contributed by atoms with Crippen molar-refractivity contribution in [3.63, 3.8) is 0 Å². The second-order valence-electron chi connectivity index (χ2n) is 5.29. The first kappa shape index (κ1) is 16.6. The molecule has 2 heterocycles. The average molecular weight is 364 g/mol. The van der Waals surface area contributed by atoms with Gasteiger partial charge in [0.1, 0.15) is 11.4 Å². The molecule has 1 amide bonds. The summed E-state index contributed by atoms with van der Waals surface area (Å²) in [7, 11) is 0. The van der Waals surface area contributed by atoms with E-state index >= 15 is 0 Å². The van der Waals surface area contributed by atoms with Gasteiger partial charge in [-0.15, -0.1) is 0 Å². The maximum atomic E-state index is 11.9. The van der Waals surface area contributed by atoms with Crippen molar-refractivity contribution >= 4 is 34.8 Å². The van der Waals surface area contributed by atoms with E-state index in [0.29, 0.717) is 22.3 Å². The number of ether oxygens (including phenoxy) is 1. The van der Waals surface area contributed by atoms with Crippen LogP contribution in [-0.4, -0.2) is 21.9 Å². The molecule has 0 aliphatic heterocycles. The molecular weight excluding hydrogens is 349 g/mol. The fourth-order valence-corrected chi connectivity index (χ4v) is 2.73. The lowest BCUT2D eigenvalue weighted by molar-refractivity contribution is -0.123. The Morgan fingerprint density at radius 1 is 1.33 bits per heavy atom. The summed E-state index contributed by atoms with van der Waals surface area (Å²) in [5, 5.41) is 3.65. The molecule has 0 saturated carbocycles. The molecule has 124 valence electrons. The first-order valence-electron chi connectivity index (χ1n) is 7.30. The lowest BCUT2D eigenvalue weighted by Gasteiger charge is -2.08. The van der Waals surface area contributed by atoms with Crippen molar-refractivity contribution in [1.29, 1.82) is 0 Å². The number of benzene rings is 1. The molecule has 0 bridgehead atoms. The van der Waals surface area contributed by atoms with Crippen LogP contribution in [0.3, 0.4) is 0 Å². The standard InChI is InChI=1S/C17H15Cl2N3O2/c1-11-3-2-6-22-9-13(21-17(11)22)8-20-16(23)10-24-15-5-4-12(18)7-14(15)19/h2-7,9H,8,10H2,1H3,(H,20,23). The van der Waals surface area contributed by atoms with E-state index in [1.165, 1.54) is 0 Å². The molecule has 0 aliphatic rings. The Labute approximate surface area is 149 Å². The smallest absolute Gasteiger partial charge is 0.258 e. The third-order valence-electron chi connectivity index (χ3n) is 3.45. The predicted molar refractivity (Wildman–Crippen MR) is 93.7 cm³/mol. The third kappa shape index (κ3) is 3.80. The number of rotatable bonds is 5. The lowest BCUT2D eigenvalue weighted by Crippen LogP contribution is -2.28. The van der Waals surface area contributed by atoms with Crippen molar-refractivity contribution in [3.05, 3.63) is 64.0 Å². The number of carbonyl (C=O) groups excluding carboxylic acids is 1. The minimum Gasteiger partial charge on any atom is -0.482 e. The van der Waals surface area contributed by atoms with Crippen molar-refractivity contribution in [2.45, 2.75) is 13.5 Å². The highest BCUT2D eigenvalue weighted by Crippen LogP contribution is 2.27. The molecule has 5 nitrogen and oxygen atoms in total. The molecule has 0 saturated heterocycles. The number of hydrogen-bond acceptors (Lipinski definition) is 3. The van der Waals surface area contributed by atoms with E-state index in [9.17, 15) is 4.79 Å². The average Bonchev–Trinajstić information content (AvgIpc) is 2.97. The summed E-state index contributed by atoms with van der Waals surface area (Å²) in [6.07, 6.45) is 3.81. The van der Waals surface area contributed by atoms with Gasteiger partial charge >= 0.3 is 0 Å². The second kappa shape index (κ2) is 7.11. The fraction of sp³-hybridized carbons (Fsp3) is 0.176. The Hall–Kier alpha value is -2.24. The minimum absolute atomic E-state index is 0.131. The van der Waals surface area contributed by atoms with Crippen molar-refractivity contribution in [2.24, 2.45) is 0 Å². The van der Waals surface area contributed by atoms with Crippen molar-refractivity contribution < 1.29 is 9.53 Å². The highest BCUT2D eigenvalue weighted by Gasteiger charge is 2.08. The van der Waals surface area contributed by atoms with Crippen LogP contribution in [0, 0.1) is 6.92 Å². The van der Waals surface area contributed by atoms with Crippen molar-refractivity contribution in [1.82, 2.24) is 14.7 Å². The molecule has 0 unspecified atom stereocenters. The van der Waals surface area contributed by atoms with E-state index in [4.69, 9.17) is 27.9 Å². The zero-order valence-corrected chi connectivity index (χ0v) is 14.4. The Kier molecular flexibility index (Phi) is 4.92. The molecule has 3 aromatic rings. The number of aromatic nitrogens is 2. The van der Waals surface area contributed by atoms with Gasteiger partial charge in [0.25, 0.3) is 5.91 Å². The zero-order valence-electron chi connectivity index (χ0n) is 12.9. The lowest BCUT2D eigenvalue weighted by atomic mass is 10.3. The van der Waals surface area contributed by atoms with Crippen molar-refractivity contribution in [2.75, 3.05) is 6.61 Å². The van der Waals surface area contributed by atoms with Crippen LogP contribution in [-0.2, 0) is 11.3 Å². The first-order valence-corrected chi connectivity index (χ1v) is 8.06. The van der Waals surface area contributed by atoms with Crippen LogP contribution in [0.1, 0.15) is 11.3 Å². The van der Waals surface area contributed by atoms with Gasteiger partial charge in [-0.3, -0.25) is 4.79 Å². The van der Waals surface area contributed by atoms with Crippen LogP contribution < -0.4 is 10.1 Å². The summed E-state index contributed by atoms with van der Waals surface area (Å²) in [5.74, 6) is 0.161. The molecule has 3 rings (SSSR count). The molecule has 0 aliphatic carbocycles. The van der Waals surface area contributed by atoms with Gasteiger partial charge in [-0.05, 0) is 36.8 Å². The van der Waals surface area contributed by atoms with Gasteiger partial charge in [0.2, 0.25) is 0 Å². The van der Waals surface area contributed by atoms with Crippen LogP contribution in [0.15, 0.2) is 42.7 Å². The molecule has 7 heteroatoms. The SMILES string of the molecule is Cc1cccn2cc(CNC(=O)COc3ccc(Cl)cc3Cl)nc12. The van der Waals surface area contributed by atoms with E-state index in [2.05, 4.69) is 10.3 Å². The number of imidazole rings is 1. The third-order valence-corrected chi connectivity index (χ3v) is 3.98. The summed E-state index contributed by atoms with van der Waals surface area (Å²) in [5.41, 5.74) is 2.74. The highest BCUT2D eigenvalue weighted by atomic mass is 35.5. The Morgan fingerprint density at radius 3 is 2.92 bits per heavy atom. The molecule has 0 fully saturated rings. The molecule has 0 spiro atoms. The van der Waals surface area contributed by atoms with E-state index in [1.807, 2.05) is 35.9 Å². The number of amides is 1. The van der Waals surface area contributed by atoms with Crippen molar-refractivity contribution in [3.8, 4) is 5.75 Å². The summed E-state index contributed by atoms with van der Waals surface area (Å²) >= 11 is 11.8. The molecule has 2 aromatic heterocycles. The zero-order chi connectivity index (χ0) is 17.1. The highest BCUT2D eigenvalue weighted by molar-refractivity contribution is 6.35. The summed E-state index contributed by atoms with van der Waals surface area (Å²) in [4.78, 5) is 16.4. The van der Waals surface area contributed by atoms with Crippen LogP contribution in [0.4, 0.5) is 0 Å². The van der Waals surface area contributed by atoms with Gasteiger partial charge in [0.05, 0.1) is 17.3 Å². The van der Waals surface area contributed by atoms with Crippen LogP contribution >= 0.6 is 23.2 Å². The van der Waals surface area contributed by atoms with E-state index in [0.717, 1.165) is 16.9 Å². The number of nitrogens with one attached hydrogen (secondary N) is 1. The maximum absolute atomic E-state index is 11.9. The summed E-state index contributed by atoms with van der Waals surface area (Å²) in [6.45, 7) is 2.19. The minimum atomic E-state index is -0.255. The van der Waals surface area contributed by atoms with E-state index < -0.39 is 0 Å². The predicted octanol–water partition coefficient (Wildman–Crippen LogP) is 3.64. The molecule has 1 aromatic carbocycles. The van der Waals surface area contributed by atoms with Crippen LogP contribution in [0.2, 0.25) is 10.0 Å². The Morgan fingerprint density at radius 2 is 2.17 bits per heavy atom. The van der Waals surface area contributed by atoms with E-state index in [1.54, 1.807) is 18.2 Å². The van der Waals surface area contributed by atoms with Gasteiger partial charge in [-0.1, -0.05) is 29.3 Å². The Balaban J connectivity index is 1.56. The number of hydrogen-bond donors (Lipinski definition) is 1. The Bertz CT molecular complexity index is 893. The second-order valence-corrected chi connectivity index (χ2v) is 6.14. The van der Waals surface area contributed by atoms with Gasteiger partial charge in [0.15, 0.2) is 6.61 Å². The number of nitrogens with zero attached hydrogens (tertiary/aromatic N) is 2. The van der Waals surface area contributed by atoms with Crippen LogP contribution in [0.25, 0.3) is 5.65 Å². The summed E-state index contributed by atoms with van der Waals surface area (Å²) in [6, 6.07) is 8.79. The maximum Gasteiger partial charge on any atom is 0.258 e. The molecule has 1 N–H and O–H groups in total. The quantitative estimate of drug-likeness (QED) is 0.752. The molecule has 0 atom stereocenters. The largest absolute Gasteiger partial charge is 0.482 e. The molecule has 24 heavy (non-hydrogen) atoms. The van der Waals surface area contributed by atoms with E-state index in [-0.39, 0.29) is 12.5 Å². The van der Waals surface area contributed by atoms with Gasteiger partial charge in [0, 0.05) is 17.4 Å². The first-order chi connectivity index (χ1) is 11.5. The van der Waals surface area contributed by atoms with Gasteiger partial charge in [-0.2, -0.15) is 0 Å². The molecular formula is C17H15Cl2N3O2. The normalized spacial score (nSPS) is 10.8. The number of aryl methyl sites for hydroxylation is 1. The van der Waals surface area contributed by atoms with Gasteiger partial charge < -0.3 is 14.5 Å². The van der Waals surface area contributed by atoms with Gasteiger partial charge in [-0.25, -0.2) is 4.98 Å². The monoisotopic (exact) mass is 363 g/mol. The fourth-order valence-electron chi connectivity index (χ4n) is 2.27. The number of halogens is 2. The number of fused-ring (bicyclic) bond motifs is 1. The molecule has 0 radical (unpaired) electrons. The van der Waals surface area contributed by atoms with Crippen LogP contribution in [0.5, 0.6) is 5.75 Å². The topological polar surface area (TPSA) is 55.6 Å². The summed E-state index contributed by atoms with van der Waals surface area (Å²) < 4.78 is 7.32. The number of pyridine rings is 1.